The maximum atomic E-state index is 11.8. The van der Waals surface area contributed by atoms with Gasteiger partial charge in [-0.15, -0.1) is 0 Å². The Balaban J connectivity index is 1.95. The third kappa shape index (κ3) is 2.64. The van der Waals surface area contributed by atoms with Crippen molar-refractivity contribution in [3.05, 3.63) is 94.9 Å². The Labute approximate surface area is 155 Å². The van der Waals surface area contributed by atoms with Crippen LogP contribution in [-0.2, 0) is 5.60 Å². The van der Waals surface area contributed by atoms with Crippen molar-refractivity contribution in [3.63, 3.8) is 0 Å². The minimum Gasteiger partial charge on any atom is -0.481 e. The summed E-state index contributed by atoms with van der Waals surface area (Å²) in [6, 6.07) is 18.3. The SMILES string of the molecule is COc1ccc2cc(C(O)(c3ccoc3)c3ccccc3Cl)ccc2n1. The molecule has 4 nitrogen and oxygen atoms in total. The molecule has 0 radical (unpaired) electrons. The zero-order chi connectivity index (χ0) is 18.1. The number of fused-ring (bicyclic) bond motifs is 1. The maximum absolute atomic E-state index is 11.8. The molecule has 0 bridgehead atoms. The number of methoxy groups -OCH3 is 1. The van der Waals surface area contributed by atoms with Crippen LogP contribution in [0.15, 0.2) is 77.6 Å². The predicted molar refractivity (Wildman–Crippen MR) is 101 cm³/mol. The van der Waals surface area contributed by atoms with Gasteiger partial charge >= 0.3 is 0 Å². The van der Waals surface area contributed by atoms with Crippen LogP contribution in [0.4, 0.5) is 0 Å². The van der Waals surface area contributed by atoms with Gasteiger partial charge in [-0.25, -0.2) is 4.98 Å². The van der Waals surface area contributed by atoms with E-state index in [1.807, 2.05) is 42.5 Å². The molecule has 2 aromatic carbocycles. The van der Waals surface area contributed by atoms with Gasteiger partial charge in [0.2, 0.25) is 5.88 Å². The zero-order valence-electron chi connectivity index (χ0n) is 14.0. The molecule has 2 aromatic heterocycles. The fourth-order valence-electron chi connectivity index (χ4n) is 3.15. The monoisotopic (exact) mass is 365 g/mol. The van der Waals surface area contributed by atoms with Gasteiger partial charge in [-0.05, 0) is 35.9 Å². The van der Waals surface area contributed by atoms with E-state index in [1.165, 1.54) is 12.5 Å². The van der Waals surface area contributed by atoms with Crippen LogP contribution in [0.5, 0.6) is 5.88 Å². The Morgan fingerprint density at radius 3 is 2.62 bits per heavy atom. The number of halogens is 1. The highest BCUT2D eigenvalue weighted by Crippen LogP contribution is 2.41. The van der Waals surface area contributed by atoms with Gasteiger partial charge in [0.1, 0.15) is 5.60 Å². The summed E-state index contributed by atoms with van der Waals surface area (Å²) in [5, 5.41) is 13.1. The predicted octanol–water partition coefficient (Wildman–Crippen LogP) is 4.77. The molecule has 0 aliphatic rings. The molecule has 0 saturated heterocycles. The fraction of sp³-hybridized carbons (Fsp3) is 0.0952. The molecule has 0 aliphatic carbocycles. The summed E-state index contributed by atoms with van der Waals surface area (Å²) in [7, 11) is 1.58. The lowest BCUT2D eigenvalue weighted by atomic mass is 9.81. The van der Waals surface area contributed by atoms with E-state index in [1.54, 1.807) is 25.3 Å². The minimum atomic E-state index is -1.44. The van der Waals surface area contributed by atoms with E-state index < -0.39 is 5.60 Å². The third-order valence-corrected chi connectivity index (χ3v) is 4.82. The molecule has 4 aromatic rings. The quantitative estimate of drug-likeness (QED) is 0.565. The van der Waals surface area contributed by atoms with Crippen molar-refractivity contribution in [1.82, 2.24) is 4.98 Å². The number of nitrogens with zero attached hydrogens (tertiary/aromatic N) is 1. The second-order valence-electron chi connectivity index (χ2n) is 5.96. The van der Waals surface area contributed by atoms with Crippen molar-refractivity contribution in [3.8, 4) is 5.88 Å². The Bertz CT molecular complexity index is 1060. The van der Waals surface area contributed by atoms with Gasteiger partial charge in [0.15, 0.2) is 0 Å². The van der Waals surface area contributed by atoms with Crippen LogP contribution in [0, 0.1) is 0 Å². The van der Waals surface area contributed by atoms with E-state index in [-0.39, 0.29) is 0 Å². The summed E-state index contributed by atoms with van der Waals surface area (Å²) in [5.41, 5.74) is 1.20. The normalized spacial score (nSPS) is 13.5. The Hall–Kier alpha value is -2.82. The topological polar surface area (TPSA) is 55.5 Å². The Morgan fingerprint density at radius 2 is 1.88 bits per heavy atom. The van der Waals surface area contributed by atoms with Crippen LogP contribution in [0.3, 0.4) is 0 Å². The van der Waals surface area contributed by atoms with Crippen LogP contribution in [-0.4, -0.2) is 17.2 Å². The van der Waals surface area contributed by atoms with Gasteiger partial charge in [0.05, 0.1) is 25.2 Å². The number of hydrogen-bond donors (Lipinski definition) is 1. The average molecular weight is 366 g/mol. The van der Waals surface area contributed by atoms with Crippen LogP contribution in [0.1, 0.15) is 16.7 Å². The molecule has 5 heteroatoms. The second-order valence-corrected chi connectivity index (χ2v) is 6.37. The summed E-state index contributed by atoms with van der Waals surface area (Å²) in [4.78, 5) is 4.42. The van der Waals surface area contributed by atoms with Crippen molar-refractivity contribution >= 4 is 22.5 Å². The summed E-state index contributed by atoms with van der Waals surface area (Å²) in [5.74, 6) is 0.543. The summed E-state index contributed by atoms with van der Waals surface area (Å²) >= 11 is 6.41. The van der Waals surface area contributed by atoms with E-state index in [4.69, 9.17) is 20.8 Å². The van der Waals surface area contributed by atoms with Crippen molar-refractivity contribution in [2.45, 2.75) is 5.60 Å². The molecule has 26 heavy (non-hydrogen) atoms. The first-order valence-electron chi connectivity index (χ1n) is 8.08. The van der Waals surface area contributed by atoms with Gasteiger partial charge < -0.3 is 14.3 Å². The summed E-state index contributed by atoms with van der Waals surface area (Å²) in [6.45, 7) is 0. The minimum absolute atomic E-state index is 0.476. The smallest absolute Gasteiger partial charge is 0.213 e. The molecule has 0 fully saturated rings. The van der Waals surface area contributed by atoms with Gasteiger partial charge in [0.25, 0.3) is 0 Å². The number of aliphatic hydroxyl groups is 1. The first kappa shape index (κ1) is 16.6. The lowest BCUT2D eigenvalue weighted by Gasteiger charge is -2.29. The van der Waals surface area contributed by atoms with Crippen LogP contribution in [0.2, 0.25) is 5.02 Å². The number of hydrogen-bond acceptors (Lipinski definition) is 4. The number of aromatic nitrogens is 1. The van der Waals surface area contributed by atoms with Crippen LogP contribution < -0.4 is 4.74 Å². The molecular formula is C21H16ClNO3. The van der Waals surface area contributed by atoms with E-state index >= 15 is 0 Å². The Kier molecular flexibility index (Phi) is 4.15. The number of pyridine rings is 1. The summed E-state index contributed by atoms with van der Waals surface area (Å²) < 4.78 is 10.4. The van der Waals surface area contributed by atoms with E-state index in [0.29, 0.717) is 27.6 Å². The standard InChI is InChI=1S/C21H16ClNO3/c1-25-20-9-6-14-12-15(7-8-19(14)23-20)21(24,16-10-11-26-13-16)17-4-2-3-5-18(17)22/h2-13,24H,1H3. The lowest BCUT2D eigenvalue weighted by Crippen LogP contribution is -2.28. The van der Waals surface area contributed by atoms with E-state index in [2.05, 4.69) is 4.98 Å². The number of rotatable bonds is 4. The van der Waals surface area contributed by atoms with Gasteiger partial charge in [-0.1, -0.05) is 35.9 Å². The molecule has 0 aliphatic heterocycles. The van der Waals surface area contributed by atoms with Gasteiger partial charge in [0, 0.05) is 27.6 Å². The number of benzene rings is 2. The molecule has 4 rings (SSSR count). The van der Waals surface area contributed by atoms with Gasteiger partial charge in [-0.3, -0.25) is 0 Å². The summed E-state index contributed by atoms with van der Waals surface area (Å²) in [6.07, 6.45) is 3.06. The maximum Gasteiger partial charge on any atom is 0.213 e. The largest absolute Gasteiger partial charge is 0.481 e. The van der Waals surface area contributed by atoms with Crippen LogP contribution >= 0.6 is 11.6 Å². The highest BCUT2D eigenvalue weighted by atomic mass is 35.5. The van der Waals surface area contributed by atoms with Gasteiger partial charge in [-0.2, -0.15) is 0 Å². The molecule has 1 N–H and O–H groups in total. The van der Waals surface area contributed by atoms with Crippen LogP contribution in [0.25, 0.3) is 10.9 Å². The van der Waals surface area contributed by atoms with Crippen molar-refractivity contribution < 1.29 is 14.3 Å². The first-order valence-corrected chi connectivity index (χ1v) is 8.46. The molecule has 1 unspecified atom stereocenters. The molecule has 0 spiro atoms. The lowest BCUT2D eigenvalue weighted by molar-refractivity contribution is 0.125. The van der Waals surface area contributed by atoms with E-state index in [0.717, 1.165) is 10.9 Å². The number of ether oxygens (including phenoxy) is 1. The van der Waals surface area contributed by atoms with Crippen molar-refractivity contribution in [2.24, 2.45) is 0 Å². The molecule has 2 heterocycles. The third-order valence-electron chi connectivity index (χ3n) is 4.49. The van der Waals surface area contributed by atoms with Crippen molar-refractivity contribution in [1.29, 1.82) is 0 Å². The first-order chi connectivity index (χ1) is 12.6. The number of furan rings is 1. The molecule has 1 atom stereocenters. The fourth-order valence-corrected chi connectivity index (χ4v) is 3.42. The highest BCUT2D eigenvalue weighted by molar-refractivity contribution is 6.31. The molecule has 0 saturated carbocycles. The van der Waals surface area contributed by atoms with E-state index in [9.17, 15) is 5.11 Å². The molecule has 0 amide bonds. The van der Waals surface area contributed by atoms with Crippen molar-refractivity contribution in [2.75, 3.05) is 7.11 Å². The second kappa shape index (κ2) is 6.48. The average Bonchev–Trinajstić information content (AvgIpc) is 3.22. The Morgan fingerprint density at radius 1 is 1.04 bits per heavy atom. The zero-order valence-corrected chi connectivity index (χ0v) is 14.8. The highest BCUT2D eigenvalue weighted by Gasteiger charge is 2.36. The molecular weight excluding hydrogens is 350 g/mol. The molecule has 130 valence electrons.